The zero-order valence-corrected chi connectivity index (χ0v) is 10.7. The largest absolute Gasteiger partial charge is 0.321 e. The molecular formula is C8H12N8O2S. The fourth-order valence-corrected chi connectivity index (χ4v) is 2.71. The quantitative estimate of drug-likeness (QED) is 0.399. The van der Waals surface area contributed by atoms with Crippen molar-refractivity contribution in [2.75, 3.05) is 5.43 Å². The molecule has 10 nitrogen and oxygen atoms in total. The molecule has 0 aliphatic heterocycles. The first kappa shape index (κ1) is 13.3. The van der Waals surface area contributed by atoms with Crippen LogP contribution in [0.2, 0.25) is 0 Å². The van der Waals surface area contributed by atoms with Gasteiger partial charge >= 0.3 is 0 Å². The Morgan fingerprint density at radius 2 is 2.26 bits per heavy atom. The molecule has 2 heterocycles. The second kappa shape index (κ2) is 5.26. The fourth-order valence-electron chi connectivity index (χ4n) is 1.41. The SMILES string of the molecule is CC(NS(=O)(=O)c1ncccc1NN)c1nn[nH]n1. The summed E-state index contributed by atoms with van der Waals surface area (Å²) in [7, 11) is -3.85. The van der Waals surface area contributed by atoms with Crippen LogP contribution in [0.3, 0.4) is 0 Å². The van der Waals surface area contributed by atoms with Crippen LogP contribution < -0.4 is 16.0 Å². The molecule has 1 atom stereocenters. The van der Waals surface area contributed by atoms with Gasteiger partial charge in [-0.15, -0.1) is 10.2 Å². The molecule has 0 radical (unpaired) electrons. The van der Waals surface area contributed by atoms with Gasteiger partial charge in [-0.05, 0) is 19.1 Å². The third-order valence-electron chi connectivity index (χ3n) is 2.26. The average Bonchev–Trinajstić information content (AvgIpc) is 2.92. The predicted octanol–water partition coefficient (Wildman–Crippen LogP) is -1.08. The number of pyridine rings is 1. The van der Waals surface area contributed by atoms with E-state index >= 15 is 0 Å². The average molecular weight is 284 g/mol. The van der Waals surface area contributed by atoms with Crippen LogP contribution in [0.15, 0.2) is 23.4 Å². The van der Waals surface area contributed by atoms with Crippen LogP contribution in [-0.4, -0.2) is 34.0 Å². The molecule has 0 fully saturated rings. The Kier molecular flexibility index (Phi) is 3.69. The van der Waals surface area contributed by atoms with Crippen molar-refractivity contribution >= 4 is 15.7 Å². The smallest absolute Gasteiger partial charge is 0.260 e. The number of aromatic nitrogens is 5. The number of hydrogen-bond acceptors (Lipinski definition) is 8. The summed E-state index contributed by atoms with van der Waals surface area (Å²) in [6.07, 6.45) is 1.36. The zero-order valence-electron chi connectivity index (χ0n) is 9.90. The lowest BCUT2D eigenvalue weighted by atomic mass is 10.4. The first-order valence-corrected chi connectivity index (χ1v) is 6.70. The molecule has 1 unspecified atom stereocenters. The minimum Gasteiger partial charge on any atom is -0.321 e. The summed E-state index contributed by atoms with van der Waals surface area (Å²) >= 11 is 0. The number of nitrogens with zero attached hydrogens (tertiary/aromatic N) is 4. The van der Waals surface area contributed by atoms with Gasteiger partial charge in [-0.2, -0.15) is 9.94 Å². The van der Waals surface area contributed by atoms with Gasteiger partial charge in [-0.1, -0.05) is 5.21 Å². The number of tetrazole rings is 1. The van der Waals surface area contributed by atoms with Crippen molar-refractivity contribution in [3.8, 4) is 0 Å². The van der Waals surface area contributed by atoms with Crippen molar-refractivity contribution < 1.29 is 8.42 Å². The number of nitrogen functional groups attached to an aromatic ring is 1. The zero-order chi connectivity index (χ0) is 13.9. The normalized spacial score (nSPS) is 13.2. The molecule has 19 heavy (non-hydrogen) atoms. The maximum Gasteiger partial charge on any atom is 0.260 e. The van der Waals surface area contributed by atoms with Gasteiger partial charge in [0.1, 0.15) is 0 Å². The number of anilines is 1. The maximum absolute atomic E-state index is 12.2. The molecule has 5 N–H and O–H groups in total. The Bertz CT molecular complexity index is 641. The highest BCUT2D eigenvalue weighted by Gasteiger charge is 2.24. The van der Waals surface area contributed by atoms with Gasteiger partial charge in [-0.25, -0.2) is 13.4 Å². The lowest BCUT2D eigenvalue weighted by molar-refractivity contribution is 0.556. The molecular weight excluding hydrogens is 272 g/mol. The van der Waals surface area contributed by atoms with E-state index in [2.05, 4.69) is 35.8 Å². The molecule has 102 valence electrons. The third kappa shape index (κ3) is 2.83. The maximum atomic E-state index is 12.2. The van der Waals surface area contributed by atoms with Crippen molar-refractivity contribution in [2.45, 2.75) is 18.0 Å². The summed E-state index contributed by atoms with van der Waals surface area (Å²) in [5.41, 5.74) is 2.47. The van der Waals surface area contributed by atoms with Gasteiger partial charge in [0.05, 0.1) is 11.7 Å². The van der Waals surface area contributed by atoms with E-state index < -0.39 is 16.1 Å². The number of sulfonamides is 1. The summed E-state index contributed by atoms with van der Waals surface area (Å²) in [6, 6.07) is 2.41. The Balaban J connectivity index is 2.28. The lowest BCUT2D eigenvalue weighted by Gasteiger charge is -2.12. The van der Waals surface area contributed by atoms with Crippen LogP contribution in [0.5, 0.6) is 0 Å². The molecule has 0 spiro atoms. The molecule has 0 saturated heterocycles. The molecule has 11 heteroatoms. The van der Waals surface area contributed by atoms with Crippen molar-refractivity contribution in [3.05, 3.63) is 24.2 Å². The van der Waals surface area contributed by atoms with Gasteiger partial charge in [0, 0.05) is 6.20 Å². The van der Waals surface area contributed by atoms with E-state index in [1.165, 1.54) is 12.3 Å². The molecule has 0 amide bonds. The number of hydrazine groups is 1. The van der Waals surface area contributed by atoms with Gasteiger partial charge in [0.15, 0.2) is 10.9 Å². The molecule has 2 aromatic rings. The minimum absolute atomic E-state index is 0.190. The first-order chi connectivity index (χ1) is 9.04. The Morgan fingerprint density at radius 3 is 2.89 bits per heavy atom. The van der Waals surface area contributed by atoms with Gasteiger partial charge in [-0.3, -0.25) is 5.84 Å². The number of nitrogens with one attached hydrogen (secondary N) is 3. The van der Waals surface area contributed by atoms with Crippen LogP contribution >= 0.6 is 0 Å². The summed E-state index contributed by atoms with van der Waals surface area (Å²) < 4.78 is 26.7. The molecule has 0 bridgehead atoms. The van der Waals surface area contributed by atoms with Crippen LogP contribution in [0, 0.1) is 0 Å². The van der Waals surface area contributed by atoms with Crippen LogP contribution in [0.1, 0.15) is 18.8 Å². The highest BCUT2D eigenvalue weighted by Crippen LogP contribution is 2.18. The number of hydrogen-bond donors (Lipinski definition) is 4. The molecule has 0 aromatic carbocycles. The summed E-state index contributed by atoms with van der Waals surface area (Å²) in [4.78, 5) is 3.80. The van der Waals surface area contributed by atoms with Gasteiger partial charge < -0.3 is 5.43 Å². The highest BCUT2D eigenvalue weighted by atomic mass is 32.2. The Morgan fingerprint density at radius 1 is 1.47 bits per heavy atom. The topological polar surface area (TPSA) is 152 Å². The van der Waals surface area contributed by atoms with Crippen LogP contribution in [0.4, 0.5) is 5.69 Å². The van der Waals surface area contributed by atoms with Crippen LogP contribution in [-0.2, 0) is 10.0 Å². The fraction of sp³-hybridized carbons (Fsp3) is 0.250. The van der Waals surface area contributed by atoms with Crippen molar-refractivity contribution in [2.24, 2.45) is 5.84 Å². The monoisotopic (exact) mass is 284 g/mol. The second-order valence-electron chi connectivity index (χ2n) is 3.61. The van der Waals surface area contributed by atoms with E-state index in [1.54, 1.807) is 13.0 Å². The minimum atomic E-state index is -3.85. The van der Waals surface area contributed by atoms with E-state index in [0.29, 0.717) is 0 Å². The van der Waals surface area contributed by atoms with E-state index in [0.717, 1.165) is 0 Å². The molecule has 2 rings (SSSR count). The van der Waals surface area contributed by atoms with Gasteiger partial charge in [0.25, 0.3) is 10.0 Å². The Labute approximate surface area is 108 Å². The molecule has 0 aliphatic rings. The number of nitrogens with two attached hydrogens (primary N) is 1. The van der Waals surface area contributed by atoms with Crippen molar-refractivity contribution in [1.29, 1.82) is 0 Å². The summed E-state index contributed by atoms with van der Waals surface area (Å²) in [5, 5.41) is 12.8. The molecule has 0 saturated carbocycles. The van der Waals surface area contributed by atoms with Gasteiger partial charge in [0.2, 0.25) is 0 Å². The van der Waals surface area contributed by atoms with Crippen molar-refractivity contribution in [3.63, 3.8) is 0 Å². The number of rotatable bonds is 5. The number of H-pyrrole nitrogens is 1. The highest BCUT2D eigenvalue weighted by molar-refractivity contribution is 7.89. The van der Waals surface area contributed by atoms with Crippen LogP contribution in [0.25, 0.3) is 0 Å². The molecule has 2 aromatic heterocycles. The van der Waals surface area contributed by atoms with Crippen molar-refractivity contribution in [1.82, 2.24) is 30.3 Å². The predicted molar refractivity (Wildman–Crippen MR) is 65.0 cm³/mol. The number of aromatic amines is 1. The molecule has 0 aliphatic carbocycles. The van der Waals surface area contributed by atoms with E-state index in [1.807, 2.05) is 0 Å². The summed E-state index contributed by atoms with van der Waals surface area (Å²) in [5.74, 6) is 5.47. The first-order valence-electron chi connectivity index (χ1n) is 5.22. The summed E-state index contributed by atoms with van der Waals surface area (Å²) in [6.45, 7) is 1.58. The standard InChI is InChI=1S/C8H12N8O2S/c1-5(7-12-15-16-13-7)14-19(17,18)8-6(11-9)3-2-4-10-8/h2-5,11,14H,9H2,1H3,(H,12,13,15,16). The van der Waals surface area contributed by atoms with E-state index in [4.69, 9.17) is 5.84 Å². The van der Waals surface area contributed by atoms with E-state index in [-0.39, 0.29) is 16.5 Å². The third-order valence-corrected chi connectivity index (χ3v) is 3.76. The lowest BCUT2D eigenvalue weighted by Crippen LogP contribution is -2.29. The second-order valence-corrected chi connectivity index (χ2v) is 5.24. The van der Waals surface area contributed by atoms with E-state index in [9.17, 15) is 8.42 Å². The Hall–Kier alpha value is -2.11.